The summed E-state index contributed by atoms with van der Waals surface area (Å²) < 4.78 is 0. The number of rotatable bonds is 2. The lowest BCUT2D eigenvalue weighted by Crippen LogP contribution is -2.12. The highest BCUT2D eigenvalue weighted by molar-refractivity contribution is 5.94. The molecule has 0 heterocycles. The topological polar surface area (TPSA) is 74.6 Å². The minimum Gasteiger partial charge on any atom is -0.478 e. The summed E-state index contributed by atoms with van der Waals surface area (Å²) in [6, 6.07) is 11.3. The van der Waals surface area contributed by atoms with E-state index in [1.54, 1.807) is 0 Å². The zero-order chi connectivity index (χ0) is 15.7. The predicted octanol–water partition coefficient (Wildman–Crippen LogP) is 2.97. The molecule has 0 spiro atoms. The molecule has 0 saturated carbocycles. The molecule has 0 fully saturated rings. The molecule has 4 aliphatic rings. The molecule has 4 aliphatic carbocycles. The molecule has 2 aromatic rings. The molecular weight excluding hydrogens is 280 g/mol. The highest BCUT2D eigenvalue weighted by Gasteiger charge is 2.19. The Labute approximate surface area is 128 Å². The number of carboxylic acids is 2. The molecule has 4 heteroatoms. The van der Waals surface area contributed by atoms with Gasteiger partial charge in [-0.15, -0.1) is 0 Å². The van der Waals surface area contributed by atoms with E-state index < -0.39 is 11.9 Å². The van der Waals surface area contributed by atoms with Crippen LogP contribution in [-0.2, 0) is 25.7 Å². The zero-order valence-corrected chi connectivity index (χ0v) is 12.0. The molecule has 0 saturated heterocycles. The van der Waals surface area contributed by atoms with Crippen molar-refractivity contribution in [1.29, 1.82) is 0 Å². The lowest BCUT2D eigenvalue weighted by molar-refractivity contribution is 0.0679. The van der Waals surface area contributed by atoms with Crippen molar-refractivity contribution in [3.8, 4) is 0 Å². The zero-order valence-electron chi connectivity index (χ0n) is 12.0. The van der Waals surface area contributed by atoms with E-state index in [2.05, 4.69) is 24.3 Å². The minimum atomic E-state index is -1.00. The van der Waals surface area contributed by atoms with Crippen LogP contribution in [-0.4, -0.2) is 22.2 Å². The van der Waals surface area contributed by atoms with Gasteiger partial charge in [0.15, 0.2) is 0 Å². The Morgan fingerprint density at radius 1 is 0.682 bits per heavy atom. The van der Waals surface area contributed by atoms with Crippen LogP contribution in [0, 0.1) is 0 Å². The standard InChI is InChI=1S/C18H16O4/c19-17(20)15-10-14-8-6-12-2-1-11(3-4-12)5-7-13(15)9-16(14)18(21)22/h1-4,9-10H,5-8H2,(H,19,20)(H,21,22). The molecule has 0 aromatic heterocycles. The summed E-state index contributed by atoms with van der Waals surface area (Å²) in [6.45, 7) is 0. The largest absolute Gasteiger partial charge is 0.478 e. The Kier molecular flexibility index (Phi) is 3.67. The van der Waals surface area contributed by atoms with Gasteiger partial charge in [-0.1, -0.05) is 24.3 Å². The number of benzene rings is 2. The maximum absolute atomic E-state index is 11.5. The Hall–Kier alpha value is -2.62. The van der Waals surface area contributed by atoms with E-state index in [0.29, 0.717) is 36.8 Å². The number of aromatic carboxylic acids is 2. The average molecular weight is 296 g/mol. The maximum Gasteiger partial charge on any atom is 0.335 e. The first-order valence-electron chi connectivity index (χ1n) is 7.25. The molecule has 112 valence electrons. The van der Waals surface area contributed by atoms with E-state index in [-0.39, 0.29) is 11.1 Å². The Balaban J connectivity index is 2.15. The fraction of sp³-hybridized carbons (Fsp3) is 0.222. The second-order valence-corrected chi connectivity index (χ2v) is 5.59. The Morgan fingerprint density at radius 2 is 1.05 bits per heavy atom. The van der Waals surface area contributed by atoms with E-state index in [0.717, 1.165) is 11.1 Å². The van der Waals surface area contributed by atoms with Gasteiger partial charge in [0, 0.05) is 0 Å². The van der Waals surface area contributed by atoms with Gasteiger partial charge in [-0.25, -0.2) is 9.59 Å². The summed E-state index contributed by atoms with van der Waals surface area (Å²) in [5, 5.41) is 18.8. The molecule has 2 N–H and O–H groups in total. The van der Waals surface area contributed by atoms with Crippen molar-refractivity contribution >= 4 is 11.9 Å². The number of aryl methyl sites for hydroxylation is 4. The quantitative estimate of drug-likeness (QED) is 0.893. The number of hydrogen-bond donors (Lipinski definition) is 2. The van der Waals surface area contributed by atoms with Gasteiger partial charge in [0.1, 0.15) is 0 Å². The molecule has 6 rings (SSSR count). The van der Waals surface area contributed by atoms with Gasteiger partial charge in [0.2, 0.25) is 0 Å². The summed E-state index contributed by atoms with van der Waals surface area (Å²) in [4.78, 5) is 23.0. The fourth-order valence-electron chi connectivity index (χ4n) is 2.93. The number of carbonyl (C=O) groups is 2. The van der Waals surface area contributed by atoms with Crippen molar-refractivity contribution in [3.05, 3.63) is 69.8 Å². The first kappa shape index (κ1) is 14.3. The molecular formula is C18H16O4. The first-order chi connectivity index (χ1) is 10.5. The van der Waals surface area contributed by atoms with Crippen LogP contribution < -0.4 is 0 Å². The SMILES string of the molecule is O=C(O)c1cc2c(C(=O)O)cc1CCc1ccc(cc1)CC2. The van der Waals surface area contributed by atoms with Crippen molar-refractivity contribution in [2.45, 2.75) is 25.7 Å². The number of hydrogen-bond acceptors (Lipinski definition) is 2. The lowest BCUT2D eigenvalue weighted by atomic mass is 9.90. The Morgan fingerprint density at radius 3 is 1.36 bits per heavy atom. The molecule has 0 aliphatic heterocycles. The van der Waals surface area contributed by atoms with Crippen LogP contribution >= 0.6 is 0 Å². The molecule has 0 amide bonds. The molecule has 4 nitrogen and oxygen atoms in total. The summed E-state index contributed by atoms with van der Waals surface area (Å²) >= 11 is 0. The van der Waals surface area contributed by atoms with Crippen molar-refractivity contribution < 1.29 is 19.8 Å². The van der Waals surface area contributed by atoms with Gasteiger partial charge in [0.25, 0.3) is 0 Å². The molecule has 0 atom stereocenters. The second kappa shape index (κ2) is 5.64. The minimum absolute atomic E-state index is 0.218. The van der Waals surface area contributed by atoms with Crippen LogP contribution in [0.3, 0.4) is 0 Å². The third kappa shape index (κ3) is 2.72. The van der Waals surface area contributed by atoms with Crippen LogP contribution in [0.1, 0.15) is 43.0 Å². The van der Waals surface area contributed by atoms with Crippen molar-refractivity contribution in [2.24, 2.45) is 0 Å². The van der Waals surface area contributed by atoms with E-state index >= 15 is 0 Å². The van der Waals surface area contributed by atoms with Crippen molar-refractivity contribution in [1.82, 2.24) is 0 Å². The number of carboxylic acid groups (broad SMARTS) is 2. The fourth-order valence-corrected chi connectivity index (χ4v) is 2.93. The van der Waals surface area contributed by atoms with E-state index in [1.807, 2.05) is 0 Å². The van der Waals surface area contributed by atoms with Crippen molar-refractivity contribution in [2.75, 3.05) is 0 Å². The second-order valence-electron chi connectivity index (χ2n) is 5.59. The van der Waals surface area contributed by atoms with Crippen LogP contribution in [0.25, 0.3) is 0 Å². The molecule has 0 unspecified atom stereocenters. The normalized spacial score (nSPS) is 13.5. The molecule has 0 radical (unpaired) electrons. The third-order valence-electron chi connectivity index (χ3n) is 4.18. The molecule has 22 heavy (non-hydrogen) atoms. The van der Waals surface area contributed by atoms with Crippen LogP contribution in [0.4, 0.5) is 0 Å². The van der Waals surface area contributed by atoms with Gasteiger partial charge >= 0.3 is 11.9 Å². The lowest BCUT2D eigenvalue weighted by Gasteiger charge is -2.14. The summed E-state index contributed by atoms with van der Waals surface area (Å²) in [7, 11) is 0. The van der Waals surface area contributed by atoms with E-state index in [9.17, 15) is 19.8 Å². The summed E-state index contributed by atoms with van der Waals surface area (Å²) in [6.07, 6.45) is 2.42. The van der Waals surface area contributed by atoms with E-state index in [1.165, 1.54) is 12.1 Å². The van der Waals surface area contributed by atoms with Crippen LogP contribution in [0.5, 0.6) is 0 Å². The highest BCUT2D eigenvalue weighted by Crippen LogP contribution is 2.23. The molecule has 4 bridgehead atoms. The summed E-state index contributed by atoms with van der Waals surface area (Å²) in [5.41, 5.74) is 3.85. The van der Waals surface area contributed by atoms with Gasteiger partial charge in [0.05, 0.1) is 11.1 Å². The Bertz CT molecular complexity index is 680. The summed E-state index contributed by atoms with van der Waals surface area (Å²) in [5.74, 6) is -2.00. The third-order valence-corrected chi connectivity index (χ3v) is 4.18. The van der Waals surface area contributed by atoms with E-state index in [4.69, 9.17) is 0 Å². The van der Waals surface area contributed by atoms with Crippen LogP contribution in [0.2, 0.25) is 0 Å². The smallest absolute Gasteiger partial charge is 0.335 e. The first-order valence-corrected chi connectivity index (χ1v) is 7.25. The molecule has 2 aromatic carbocycles. The van der Waals surface area contributed by atoms with Crippen LogP contribution in [0.15, 0.2) is 36.4 Å². The van der Waals surface area contributed by atoms with Gasteiger partial charge in [-0.05, 0) is 60.1 Å². The van der Waals surface area contributed by atoms with Gasteiger partial charge in [-0.3, -0.25) is 0 Å². The average Bonchev–Trinajstić information content (AvgIpc) is 2.49. The highest BCUT2D eigenvalue weighted by atomic mass is 16.4. The van der Waals surface area contributed by atoms with Gasteiger partial charge < -0.3 is 10.2 Å². The maximum atomic E-state index is 11.5. The van der Waals surface area contributed by atoms with Crippen molar-refractivity contribution in [3.63, 3.8) is 0 Å². The predicted molar refractivity (Wildman–Crippen MR) is 81.6 cm³/mol. The van der Waals surface area contributed by atoms with Gasteiger partial charge in [-0.2, -0.15) is 0 Å². The monoisotopic (exact) mass is 296 g/mol.